The van der Waals surface area contributed by atoms with Crippen LogP contribution in [-0.2, 0) is 6.54 Å². The molecule has 1 saturated heterocycles. The highest BCUT2D eigenvalue weighted by Crippen LogP contribution is 2.43. The summed E-state index contributed by atoms with van der Waals surface area (Å²) in [5, 5.41) is 10.6. The molecule has 1 fully saturated rings. The third-order valence-corrected chi connectivity index (χ3v) is 5.77. The molecule has 2 aromatic carbocycles. The van der Waals surface area contributed by atoms with Crippen molar-refractivity contribution in [3.63, 3.8) is 0 Å². The molecule has 0 bridgehead atoms. The molecule has 4 rings (SSSR count). The average molecular weight is 409 g/mol. The first-order chi connectivity index (χ1) is 14.5. The quantitative estimate of drug-likeness (QED) is 0.742. The zero-order chi connectivity index (χ0) is 21.3. The van der Waals surface area contributed by atoms with E-state index in [1.807, 2.05) is 6.92 Å². The van der Waals surface area contributed by atoms with Gasteiger partial charge in [0.15, 0.2) is 5.76 Å². The number of hydrogen-bond acceptors (Lipinski definition) is 6. The summed E-state index contributed by atoms with van der Waals surface area (Å²) in [7, 11) is 3.17. The Hall–Kier alpha value is -2.99. The summed E-state index contributed by atoms with van der Waals surface area (Å²) in [6.45, 7) is 4.36. The Balaban J connectivity index is 1.73. The summed E-state index contributed by atoms with van der Waals surface area (Å²) >= 11 is 0. The summed E-state index contributed by atoms with van der Waals surface area (Å²) in [5.41, 5.74) is 2.59. The van der Waals surface area contributed by atoms with Gasteiger partial charge in [-0.05, 0) is 68.8 Å². The number of benzene rings is 2. The summed E-state index contributed by atoms with van der Waals surface area (Å²) in [6, 6.07) is 7.04. The number of ether oxygens (including phenoxy) is 3. The maximum atomic E-state index is 13.2. The number of hydrogen-bond donors (Lipinski definition) is 1. The zero-order valence-corrected chi connectivity index (χ0v) is 17.7. The second kappa shape index (κ2) is 8.40. The van der Waals surface area contributed by atoms with Gasteiger partial charge in [0.2, 0.25) is 5.78 Å². The number of carbonyl (C=O) groups is 1. The number of rotatable bonds is 5. The van der Waals surface area contributed by atoms with Gasteiger partial charge < -0.3 is 19.3 Å². The number of nitrogens with zero attached hydrogens (tertiary/aromatic N) is 1. The van der Waals surface area contributed by atoms with E-state index in [2.05, 4.69) is 4.90 Å². The van der Waals surface area contributed by atoms with E-state index in [1.165, 1.54) is 6.42 Å². The third-order valence-electron chi connectivity index (χ3n) is 5.77. The Kier molecular flexibility index (Phi) is 5.68. The molecule has 2 aromatic rings. The molecule has 30 heavy (non-hydrogen) atoms. The standard InChI is InChI=1S/C24H27NO5/c1-15-11-19(26)18(14-25-9-5-4-6-10-25)24-22(15)23(27)21(30-24)13-16-12-17(28-2)7-8-20(16)29-3/h7-8,11-13,26H,4-6,9-10,14H2,1-3H3/b21-13-. The molecular formula is C24H27NO5. The number of methoxy groups -OCH3 is 2. The summed E-state index contributed by atoms with van der Waals surface area (Å²) in [4.78, 5) is 15.5. The predicted molar refractivity (Wildman–Crippen MR) is 114 cm³/mol. The summed E-state index contributed by atoms with van der Waals surface area (Å²) < 4.78 is 16.8. The lowest BCUT2D eigenvalue weighted by Crippen LogP contribution is -2.29. The number of piperidine rings is 1. The molecule has 1 N–H and O–H groups in total. The van der Waals surface area contributed by atoms with E-state index in [1.54, 1.807) is 44.6 Å². The van der Waals surface area contributed by atoms with Crippen LogP contribution in [0.25, 0.3) is 6.08 Å². The first-order valence-electron chi connectivity index (χ1n) is 10.3. The third kappa shape index (κ3) is 3.75. The van der Waals surface area contributed by atoms with Crippen molar-refractivity contribution >= 4 is 11.9 Å². The molecule has 158 valence electrons. The van der Waals surface area contributed by atoms with Crippen LogP contribution >= 0.6 is 0 Å². The van der Waals surface area contributed by atoms with Crippen molar-refractivity contribution in [3.05, 3.63) is 52.3 Å². The largest absolute Gasteiger partial charge is 0.507 e. The number of aromatic hydroxyl groups is 1. The van der Waals surface area contributed by atoms with Gasteiger partial charge in [-0.1, -0.05) is 6.42 Å². The Labute approximate surface area is 176 Å². The highest BCUT2D eigenvalue weighted by atomic mass is 16.5. The normalized spacial score (nSPS) is 17.7. The summed E-state index contributed by atoms with van der Waals surface area (Å²) in [6.07, 6.45) is 5.20. The summed E-state index contributed by atoms with van der Waals surface area (Å²) in [5.74, 6) is 1.94. The topological polar surface area (TPSA) is 68.2 Å². The number of ketones is 1. The lowest BCUT2D eigenvalue weighted by molar-refractivity contribution is 0.101. The fourth-order valence-corrected chi connectivity index (χ4v) is 4.17. The average Bonchev–Trinajstić information content (AvgIpc) is 3.08. The maximum absolute atomic E-state index is 13.2. The van der Waals surface area contributed by atoms with Crippen molar-refractivity contribution < 1.29 is 24.1 Å². The zero-order valence-electron chi connectivity index (χ0n) is 17.7. The van der Waals surface area contributed by atoms with Crippen LogP contribution in [0.3, 0.4) is 0 Å². The van der Waals surface area contributed by atoms with Crippen molar-refractivity contribution in [2.24, 2.45) is 0 Å². The van der Waals surface area contributed by atoms with Crippen LogP contribution in [0.1, 0.15) is 46.3 Å². The highest BCUT2D eigenvalue weighted by molar-refractivity contribution is 6.16. The van der Waals surface area contributed by atoms with Gasteiger partial charge in [-0.15, -0.1) is 0 Å². The second-order valence-corrected chi connectivity index (χ2v) is 7.78. The Morgan fingerprint density at radius 3 is 2.60 bits per heavy atom. The molecular weight excluding hydrogens is 382 g/mol. The van der Waals surface area contributed by atoms with Crippen LogP contribution in [0.2, 0.25) is 0 Å². The fourth-order valence-electron chi connectivity index (χ4n) is 4.17. The van der Waals surface area contributed by atoms with E-state index < -0.39 is 0 Å². The van der Waals surface area contributed by atoms with Crippen LogP contribution in [0.15, 0.2) is 30.0 Å². The maximum Gasteiger partial charge on any atom is 0.232 e. The molecule has 0 saturated carbocycles. The number of phenolic OH excluding ortho intramolecular Hbond substituents is 1. The number of fused-ring (bicyclic) bond motifs is 1. The van der Waals surface area contributed by atoms with Crippen LogP contribution in [0, 0.1) is 6.92 Å². The minimum absolute atomic E-state index is 0.171. The van der Waals surface area contributed by atoms with E-state index in [9.17, 15) is 9.90 Å². The number of carbonyl (C=O) groups excluding carboxylic acids is 1. The van der Waals surface area contributed by atoms with Gasteiger partial charge in [0, 0.05) is 12.1 Å². The molecule has 0 radical (unpaired) electrons. The number of allylic oxidation sites excluding steroid dienone is 1. The van der Waals surface area contributed by atoms with Crippen LogP contribution < -0.4 is 14.2 Å². The second-order valence-electron chi connectivity index (χ2n) is 7.78. The van der Waals surface area contributed by atoms with Gasteiger partial charge in [0.1, 0.15) is 23.0 Å². The predicted octanol–water partition coefficient (Wildman–Crippen LogP) is 4.32. The molecule has 2 heterocycles. The minimum atomic E-state index is -0.188. The number of likely N-dealkylation sites (tertiary alicyclic amines) is 1. The Morgan fingerprint density at radius 1 is 1.13 bits per heavy atom. The monoisotopic (exact) mass is 409 g/mol. The van der Waals surface area contributed by atoms with Gasteiger partial charge in [-0.3, -0.25) is 9.69 Å². The molecule has 6 nitrogen and oxygen atoms in total. The van der Waals surface area contributed by atoms with Gasteiger partial charge in [0.05, 0.1) is 25.3 Å². The van der Waals surface area contributed by atoms with Crippen LogP contribution in [0.5, 0.6) is 23.0 Å². The van der Waals surface area contributed by atoms with Crippen molar-refractivity contribution in [1.82, 2.24) is 4.90 Å². The van der Waals surface area contributed by atoms with Gasteiger partial charge >= 0.3 is 0 Å². The molecule has 0 atom stereocenters. The lowest BCUT2D eigenvalue weighted by Gasteiger charge is -2.27. The van der Waals surface area contributed by atoms with Crippen molar-refractivity contribution in [1.29, 1.82) is 0 Å². The Morgan fingerprint density at radius 2 is 1.90 bits per heavy atom. The smallest absolute Gasteiger partial charge is 0.232 e. The molecule has 2 aliphatic rings. The van der Waals surface area contributed by atoms with Gasteiger partial charge in [0.25, 0.3) is 0 Å². The van der Waals surface area contributed by atoms with E-state index in [0.717, 1.165) is 25.9 Å². The lowest BCUT2D eigenvalue weighted by atomic mass is 9.98. The first-order valence-corrected chi connectivity index (χ1v) is 10.3. The molecule has 0 spiro atoms. The number of Topliss-reactive ketones (excluding diaryl/α,β-unsaturated/α-hetero) is 1. The highest BCUT2D eigenvalue weighted by Gasteiger charge is 2.34. The van der Waals surface area contributed by atoms with Gasteiger partial charge in [-0.25, -0.2) is 0 Å². The minimum Gasteiger partial charge on any atom is -0.507 e. The van der Waals surface area contributed by atoms with Crippen molar-refractivity contribution in [2.45, 2.75) is 32.7 Å². The first kappa shape index (κ1) is 20.3. The van der Waals surface area contributed by atoms with E-state index in [4.69, 9.17) is 14.2 Å². The molecule has 6 heteroatoms. The molecule has 0 aliphatic carbocycles. The van der Waals surface area contributed by atoms with Crippen LogP contribution in [-0.4, -0.2) is 43.1 Å². The molecule has 0 aromatic heterocycles. The van der Waals surface area contributed by atoms with Crippen molar-refractivity contribution in [3.8, 4) is 23.0 Å². The van der Waals surface area contributed by atoms with Crippen LogP contribution in [0.4, 0.5) is 0 Å². The molecule has 0 amide bonds. The fraction of sp³-hybridized carbons (Fsp3) is 0.375. The SMILES string of the molecule is COc1ccc(OC)c(/C=C2\Oc3c(CN4CCCCC4)c(O)cc(C)c3C2=O)c1. The van der Waals surface area contributed by atoms with Gasteiger partial charge in [-0.2, -0.15) is 0 Å². The molecule has 2 aliphatic heterocycles. The van der Waals surface area contributed by atoms with Crippen molar-refractivity contribution in [2.75, 3.05) is 27.3 Å². The van der Waals surface area contributed by atoms with E-state index >= 15 is 0 Å². The van der Waals surface area contributed by atoms with E-state index in [0.29, 0.717) is 46.0 Å². The number of phenols is 1. The van der Waals surface area contributed by atoms with E-state index in [-0.39, 0.29) is 17.3 Å². The Bertz CT molecular complexity index is 1010. The number of aryl methyl sites for hydroxylation is 1. The molecule has 0 unspecified atom stereocenters.